The van der Waals surface area contributed by atoms with Crippen LogP contribution in [0, 0.1) is 0 Å². The zero-order valence-electron chi connectivity index (χ0n) is 15.9. The fourth-order valence-corrected chi connectivity index (χ4v) is 3.10. The molecule has 0 aromatic heterocycles. The Hall–Kier alpha value is -1.18. The number of carbonyl (C=O) groups is 2. The first-order valence-electron chi connectivity index (χ1n) is 9.26. The third-order valence-electron chi connectivity index (χ3n) is 4.29. The van der Waals surface area contributed by atoms with E-state index in [9.17, 15) is 9.59 Å². The van der Waals surface area contributed by atoms with E-state index in [4.69, 9.17) is 20.9 Å². The van der Waals surface area contributed by atoms with Gasteiger partial charge in [-0.1, -0.05) is 0 Å². The molecule has 7 heteroatoms. The highest BCUT2D eigenvalue weighted by molar-refractivity contribution is 5.89. The molecule has 1 heterocycles. The van der Waals surface area contributed by atoms with E-state index in [1.807, 2.05) is 0 Å². The Labute approximate surface area is 151 Å². The highest BCUT2D eigenvalue weighted by atomic mass is 16.6. The van der Waals surface area contributed by atoms with Crippen molar-refractivity contribution in [2.24, 2.45) is 11.5 Å². The fraction of sp³-hybridized carbons (Fsp3) is 0.889. The van der Waals surface area contributed by atoms with Gasteiger partial charge in [0.15, 0.2) is 0 Å². The van der Waals surface area contributed by atoms with Gasteiger partial charge < -0.3 is 20.9 Å². The minimum atomic E-state index is -1.13. The molecule has 0 saturated carbocycles. The first kappa shape index (κ1) is 21.9. The van der Waals surface area contributed by atoms with Gasteiger partial charge in [-0.15, -0.1) is 0 Å². The molecule has 0 aliphatic carbocycles. The summed E-state index contributed by atoms with van der Waals surface area (Å²) in [6.07, 6.45) is 4.76. The second-order valence-electron chi connectivity index (χ2n) is 7.87. The Balaban J connectivity index is 2.91. The second-order valence-corrected chi connectivity index (χ2v) is 7.87. The van der Waals surface area contributed by atoms with Crippen LogP contribution in [-0.2, 0) is 19.1 Å². The van der Waals surface area contributed by atoms with Crippen molar-refractivity contribution in [3.8, 4) is 0 Å². The molecule has 1 fully saturated rings. The van der Waals surface area contributed by atoms with E-state index in [0.29, 0.717) is 26.0 Å². The number of unbranched alkanes of at least 4 members (excludes halogenated alkanes) is 1. The average Bonchev–Trinajstić information content (AvgIpc) is 2.73. The van der Waals surface area contributed by atoms with E-state index in [2.05, 4.69) is 5.32 Å². The molecule has 1 aliphatic heterocycles. The summed E-state index contributed by atoms with van der Waals surface area (Å²) in [5.41, 5.74) is 9.58. The minimum absolute atomic E-state index is 0.00434. The van der Waals surface area contributed by atoms with Crippen LogP contribution in [0.15, 0.2) is 0 Å². The maximum atomic E-state index is 12.4. The monoisotopic (exact) mass is 357 g/mol. The van der Waals surface area contributed by atoms with E-state index in [-0.39, 0.29) is 12.5 Å². The third-order valence-corrected chi connectivity index (χ3v) is 4.29. The third kappa shape index (κ3) is 8.16. The van der Waals surface area contributed by atoms with Gasteiger partial charge in [-0.25, -0.2) is 0 Å². The zero-order chi connectivity index (χ0) is 18.9. The Morgan fingerprint density at radius 3 is 2.56 bits per heavy atom. The first-order valence-corrected chi connectivity index (χ1v) is 9.26. The second kappa shape index (κ2) is 10.1. The first-order chi connectivity index (χ1) is 11.7. The van der Waals surface area contributed by atoms with Gasteiger partial charge in [0.05, 0.1) is 13.0 Å². The number of ether oxygens (including phenoxy) is 2. The van der Waals surface area contributed by atoms with Gasteiger partial charge in [-0.2, -0.15) is 0 Å². The van der Waals surface area contributed by atoms with Crippen LogP contribution in [0.25, 0.3) is 0 Å². The molecule has 0 radical (unpaired) electrons. The summed E-state index contributed by atoms with van der Waals surface area (Å²) in [5, 5.41) is 3.34. The van der Waals surface area contributed by atoms with Crippen molar-refractivity contribution in [1.29, 1.82) is 0 Å². The highest BCUT2D eigenvalue weighted by Gasteiger charge is 2.41. The van der Waals surface area contributed by atoms with Crippen LogP contribution in [0.3, 0.4) is 0 Å². The van der Waals surface area contributed by atoms with Crippen molar-refractivity contribution in [1.82, 2.24) is 5.32 Å². The molecule has 2 atom stereocenters. The smallest absolute Gasteiger partial charge is 0.308 e. The lowest BCUT2D eigenvalue weighted by atomic mass is 9.86. The van der Waals surface area contributed by atoms with E-state index in [1.165, 1.54) is 0 Å². The van der Waals surface area contributed by atoms with Crippen molar-refractivity contribution in [3.05, 3.63) is 0 Å². The van der Waals surface area contributed by atoms with Gasteiger partial charge in [0.25, 0.3) is 0 Å². The number of hydrogen-bond donors (Lipinski definition) is 3. The molecule has 1 saturated heterocycles. The SMILES string of the molecule is CC(C)(C)OC(=O)C[C@@](CCCCN)(NC1CCCCOC1)C(N)=O. The molecule has 0 aromatic rings. The Kier molecular flexibility index (Phi) is 8.82. The highest BCUT2D eigenvalue weighted by Crippen LogP contribution is 2.24. The van der Waals surface area contributed by atoms with E-state index < -0.39 is 23.0 Å². The van der Waals surface area contributed by atoms with E-state index in [1.54, 1.807) is 20.8 Å². The summed E-state index contributed by atoms with van der Waals surface area (Å²) in [6, 6.07) is -0.00434. The van der Waals surface area contributed by atoms with Crippen molar-refractivity contribution in [3.63, 3.8) is 0 Å². The van der Waals surface area contributed by atoms with Crippen LogP contribution in [0.2, 0.25) is 0 Å². The number of nitrogens with two attached hydrogens (primary N) is 2. The Bertz CT molecular complexity index is 429. The number of nitrogens with one attached hydrogen (secondary N) is 1. The molecule has 25 heavy (non-hydrogen) atoms. The summed E-state index contributed by atoms with van der Waals surface area (Å²) in [6.45, 7) is 7.18. The molecule has 7 nitrogen and oxygen atoms in total. The number of amides is 1. The van der Waals surface area contributed by atoms with Crippen molar-refractivity contribution in [2.45, 2.75) is 82.9 Å². The molecule has 1 unspecified atom stereocenters. The molecule has 1 rings (SSSR count). The average molecular weight is 357 g/mol. The Morgan fingerprint density at radius 2 is 1.96 bits per heavy atom. The molecule has 1 aliphatic rings. The van der Waals surface area contributed by atoms with Gasteiger partial charge in [0, 0.05) is 12.6 Å². The molecule has 0 spiro atoms. The minimum Gasteiger partial charge on any atom is -0.460 e. The lowest BCUT2D eigenvalue weighted by molar-refractivity contribution is -0.158. The standard InChI is InChI=1S/C18H35N3O4/c1-17(2,3)25-15(22)12-18(16(20)23,9-5-6-10-19)21-14-8-4-7-11-24-13-14/h14,21H,4-13,19H2,1-3H3,(H2,20,23)/t14?,18-/m1/s1. The van der Waals surface area contributed by atoms with Crippen LogP contribution < -0.4 is 16.8 Å². The van der Waals surface area contributed by atoms with Gasteiger partial charge in [0.1, 0.15) is 11.1 Å². The number of primary amides is 1. The molecule has 146 valence electrons. The summed E-state index contributed by atoms with van der Waals surface area (Å²) in [5.74, 6) is -0.958. The lowest BCUT2D eigenvalue weighted by Gasteiger charge is -2.35. The topological polar surface area (TPSA) is 117 Å². The summed E-state index contributed by atoms with van der Waals surface area (Å²) < 4.78 is 11.0. The molecule has 0 bridgehead atoms. The molecular weight excluding hydrogens is 322 g/mol. The lowest BCUT2D eigenvalue weighted by Crippen LogP contribution is -2.60. The number of rotatable bonds is 9. The quantitative estimate of drug-likeness (QED) is 0.422. The van der Waals surface area contributed by atoms with Gasteiger partial charge in [0.2, 0.25) is 5.91 Å². The maximum absolute atomic E-state index is 12.4. The van der Waals surface area contributed by atoms with Gasteiger partial charge in [-0.05, 0) is 65.8 Å². The molecule has 0 aromatic carbocycles. The van der Waals surface area contributed by atoms with Crippen LogP contribution in [0.1, 0.15) is 65.7 Å². The Morgan fingerprint density at radius 1 is 1.24 bits per heavy atom. The summed E-state index contributed by atoms with van der Waals surface area (Å²) in [4.78, 5) is 24.8. The number of hydrogen-bond acceptors (Lipinski definition) is 6. The van der Waals surface area contributed by atoms with Crippen LogP contribution in [0.5, 0.6) is 0 Å². The normalized spacial score (nSPS) is 21.2. The van der Waals surface area contributed by atoms with Gasteiger partial charge >= 0.3 is 5.97 Å². The fourth-order valence-electron chi connectivity index (χ4n) is 3.10. The van der Waals surface area contributed by atoms with Crippen molar-refractivity contribution in [2.75, 3.05) is 19.8 Å². The van der Waals surface area contributed by atoms with Crippen LogP contribution in [-0.4, -0.2) is 48.8 Å². The molecule has 5 N–H and O–H groups in total. The summed E-state index contributed by atoms with van der Waals surface area (Å²) in [7, 11) is 0. The summed E-state index contributed by atoms with van der Waals surface area (Å²) >= 11 is 0. The molecule has 1 amide bonds. The van der Waals surface area contributed by atoms with Crippen molar-refractivity contribution < 1.29 is 19.1 Å². The van der Waals surface area contributed by atoms with E-state index in [0.717, 1.165) is 32.3 Å². The largest absolute Gasteiger partial charge is 0.460 e. The van der Waals surface area contributed by atoms with Gasteiger partial charge in [-0.3, -0.25) is 14.9 Å². The zero-order valence-corrected chi connectivity index (χ0v) is 15.9. The number of carbonyl (C=O) groups excluding carboxylic acids is 2. The van der Waals surface area contributed by atoms with E-state index >= 15 is 0 Å². The van der Waals surface area contributed by atoms with Crippen molar-refractivity contribution >= 4 is 11.9 Å². The number of esters is 1. The maximum Gasteiger partial charge on any atom is 0.308 e. The van der Waals surface area contributed by atoms with Crippen LogP contribution >= 0.6 is 0 Å². The predicted octanol–water partition coefficient (Wildman–Crippen LogP) is 1.23. The predicted molar refractivity (Wildman–Crippen MR) is 96.9 cm³/mol. The molecular formula is C18H35N3O4. The van der Waals surface area contributed by atoms with Crippen LogP contribution in [0.4, 0.5) is 0 Å².